The number of carbonyl (C=O) groups is 2. The van der Waals surface area contributed by atoms with Crippen molar-refractivity contribution in [3.63, 3.8) is 0 Å². The number of aliphatic hydroxyl groups excluding tert-OH is 1. The third-order valence-corrected chi connectivity index (χ3v) is 2.20. The highest BCUT2D eigenvalue weighted by atomic mass is 16.5. The normalized spacial score (nSPS) is 11.5. The molecule has 8 heteroatoms. The van der Waals surface area contributed by atoms with E-state index in [1.54, 1.807) is 18.3 Å². The van der Waals surface area contributed by atoms with E-state index in [0.717, 1.165) is 5.56 Å². The van der Waals surface area contributed by atoms with Crippen molar-refractivity contribution in [1.82, 2.24) is 15.6 Å². The van der Waals surface area contributed by atoms with E-state index in [4.69, 9.17) is 14.9 Å². The van der Waals surface area contributed by atoms with Gasteiger partial charge in [0.25, 0.3) is 0 Å². The number of methoxy groups -OCH3 is 1. The van der Waals surface area contributed by atoms with Gasteiger partial charge in [0.05, 0.1) is 13.7 Å². The first-order valence-electron chi connectivity index (χ1n) is 5.44. The first-order valence-corrected chi connectivity index (χ1v) is 5.44. The summed E-state index contributed by atoms with van der Waals surface area (Å²) in [5.41, 5.74) is 0.779. The molecule has 0 bridgehead atoms. The monoisotopic (exact) mass is 269 g/mol. The van der Waals surface area contributed by atoms with Crippen LogP contribution in [0.5, 0.6) is 5.88 Å². The number of carboxylic acid groups (broad SMARTS) is 1. The summed E-state index contributed by atoms with van der Waals surface area (Å²) in [6.07, 6.45) is -0.0751. The van der Waals surface area contributed by atoms with E-state index in [2.05, 4.69) is 15.6 Å². The average Bonchev–Trinajstić information content (AvgIpc) is 2.42. The van der Waals surface area contributed by atoms with Gasteiger partial charge in [-0.2, -0.15) is 0 Å². The third-order valence-electron chi connectivity index (χ3n) is 2.20. The van der Waals surface area contributed by atoms with Gasteiger partial charge in [-0.15, -0.1) is 0 Å². The summed E-state index contributed by atoms with van der Waals surface area (Å²) in [6, 6.07) is 2.79. The Morgan fingerprint density at radius 2 is 2.21 bits per heavy atom. The fraction of sp³-hybridized carbons (Fsp3) is 0.364. The van der Waals surface area contributed by atoms with Gasteiger partial charge in [-0.1, -0.05) is 0 Å². The third kappa shape index (κ3) is 5.21. The number of aliphatic carboxylic acids is 1. The summed E-state index contributed by atoms with van der Waals surface area (Å²) in [5.74, 6) is -0.958. The quantitative estimate of drug-likeness (QED) is 0.544. The molecule has 0 aliphatic heterocycles. The highest BCUT2D eigenvalue weighted by Gasteiger charge is 2.13. The van der Waals surface area contributed by atoms with Crippen LogP contribution in [-0.4, -0.2) is 47.0 Å². The molecular weight excluding hydrogens is 254 g/mol. The number of pyridine rings is 1. The molecule has 0 aromatic carbocycles. The second kappa shape index (κ2) is 7.17. The highest BCUT2D eigenvalue weighted by Crippen LogP contribution is 2.07. The zero-order valence-corrected chi connectivity index (χ0v) is 10.3. The predicted molar refractivity (Wildman–Crippen MR) is 64.7 cm³/mol. The van der Waals surface area contributed by atoms with Crippen LogP contribution in [0.25, 0.3) is 0 Å². The molecule has 2 amide bonds. The zero-order chi connectivity index (χ0) is 14.3. The van der Waals surface area contributed by atoms with Gasteiger partial charge in [-0.25, -0.2) is 14.6 Å². The standard InChI is InChI=1S/C11H15N3O5/c1-19-9-4-7(2-3-12-9)5-13-11(18)14-6-8(15)10(16)17/h2-4,8,15H,5-6H2,1H3,(H,16,17)(H2,13,14,18). The Morgan fingerprint density at radius 1 is 1.47 bits per heavy atom. The number of urea groups is 1. The number of hydrogen-bond donors (Lipinski definition) is 4. The molecule has 1 aromatic rings. The fourth-order valence-corrected chi connectivity index (χ4v) is 1.19. The zero-order valence-electron chi connectivity index (χ0n) is 10.3. The van der Waals surface area contributed by atoms with Crippen LogP contribution in [0, 0.1) is 0 Å². The molecule has 0 saturated heterocycles. The van der Waals surface area contributed by atoms with Gasteiger partial charge in [-0.3, -0.25) is 0 Å². The van der Waals surface area contributed by atoms with Crippen LogP contribution in [0.15, 0.2) is 18.3 Å². The first-order chi connectivity index (χ1) is 9.02. The molecule has 0 fully saturated rings. The molecule has 1 aromatic heterocycles. The summed E-state index contributed by atoms with van der Waals surface area (Å²) in [5, 5.41) is 22.1. The van der Waals surface area contributed by atoms with Crippen LogP contribution < -0.4 is 15.4 Å². The van der Waals surface area contributed by atoms with Gasteiger partial charge in [0, 0.05) is 18.8 Å². The topological polar surface area (TPSA) is 121 Å². The van der Waals surface area contributed by atoms with Crippen LogP contribution >= 0.6 is 0 Å². The number of ether oxygens (including phenoxy) is 1. The van der Waals surface area contributed by atoms with Gasteiger partial charge in [0.15, 0.2) is 6.10 Å². The Bertz CT molecular complexity index is 452. The molecule has 0 radical (unpaired) electrons. The maximum atomic E-state index is 11.3. The number of hydrogen-bond acceptors (Lipinski definition) is 5. The molecule has 0 saturated carbocycles. The van der Waals surface area contributed by atoms with Gasteiger partial charge in [-0.05, 0) is 11.6 Å². The van der Waals surface area contributed by atoms with E-state index in [0.29, 0.717) is 5.88 Å². The molecule has 1 heterocycles. The van der Waals surface area contributed by atoms with Gasteiger partial charge in [0.2, 0.25) is 5.88 Å². The molecule has 0 spiro atoms. The molecule has 8 nitrogen and oxygen atoms in total. The highest BCUT2D eigenvalue weighted by molar-refractivity contribution is 5.76. The minimum atomic E-state index is -1.62. The summed E-state index contributed by atoms with van der Waals surface area (Å²) in [6.45, 7) is -0.130. The lowest BCUT2D eigenvalue weighted by atomic mass is 10.2. The summed E-state index contributed by atoms with van der Waals surface area (Å²) in [4.78, 5) is 25.6. The second-order valence-electron chi connectivity index (χ2n) is 3.62. The molecule has 19 heavy (non-hydrogen) atoms. The van der Waals surface area contributed by atoms with Crippen molar-refractivity contribution in [3.05, 3.63) is 23.9 Å². The molecular formula is C11H15N3O5. The molecule has 1 atom stereocenters. The van der Waals surface area contributed by atoms with Crippen molar-refractivity contribution in [2.75, 3.05) is 13.7 Å². The van der Waals surface area contributed by atoms with Crippen molar-refractivity contribution < 1.29 is 24.5 Å². The second-order valence-corrected chi connectivity index (χ2v) is 3.62. The van der Waals surface area contributed by atoms with Crippen LogP contribution in [0.2, 0.25) is 0 Å². The Kier molecular flexibility index (Phi) is 5.55. The van der Waals surface area contributed by atoms with Gasteiger partial charge in [0.1, 0.15) is 0 Å². The number of amides is 2. The molecule has 1 rings (SSSR count). The number of rotatable bonds is 6. The van der Waals surface area contributed by atoms with E-state index < -0.39 is 18.1 Å². The number of aliphatic hydroxyl groups is 1. The molecule has 1 unspecified atom stereocenters. The SMILES string of the molecule is COc1cc(CNC(=O)NCC(O)C(=O)O)ccn1. The van der Waals surface area contributed by atoms with E-state index in [9.17, 15) is 9.59 Å². The number of nitrogens with zero attached hydrogens (tertiary/aromatic N) is 1. The number of nitrogens with one attached hydrogen (secondary N) is 2. The summed E-state index contributed by atoms with van der Waals surface area (Å²) < 4.78 is 4.93. The Balaban J connectivity index is 2.35. The van der Waals surface area contributed by atoms with Crippen LogP contribution in [0.3, 0.4) is 0 Å². The van der Waals surface area contributed by atoms with E-state index in [1.165, 1.54) is 7.11 Å². The van der Waals surface area contributed by atoms with Crippen LogP contribution in [0.4, 0.5) is 4.79 Å². The lowest BCUT2D eigenvalue weighted by molar-refractivity contribution is -0.146. The van der Waals surface area contributed by atoms with E-state index in [-0.39, 0.29) is 13.1 Å². The van der Waals surface area contributed by atoms with Crippen LogP contribution in [-0.2, 0) is 11.3 Å². The largest absolute Gasteiger partial charge is 0.481 e. The molecule has 0 aliphatic carbocycles. The van der Waals surface area contributed by atoms with Crippen molar-refractivity contribution in [1.29, 1.82) is 0 Å². The van der Waals surface area contributed by atoms with Crippen molar-refractivity contribution in [2.45, 2.75) is 12.6 Å². The number of carboxylic acids is 1. The molecule has 104 valence electrons. The number of carbonyl (C=O) groups excluding carboxylic acids is 1. The minimum Gasteiger partial charge on any atom is -0.481 e. The van der Waals surface area contributed by atoms with E-state index >= 15 is 0 Å². The molecule has 0 aliphatic rings. The first kappa shape index (κ1) is 14.7. The maximum Gasteiger partial charge on any atom is 0.334 e. The Labute approximate surface area is 109 Å². The van der Waals surface area contributed by atoms with E-state index in [1.807, 2.05) is 0 Å². The summed E-state index contributed by atoms with van der Waals surface area (Å²) in [7, 11) is 1.49. The Morgan fingerprint density at radius 3 is 2.84 bits per heavy atom. The smallest absolute Gasteiger partial charge is 0.334 e. The Hall–Kier alpha value is -2.35. The lowest BCUT2D eigenvalue weighted by Gasteiger charge is -2.09. The fourth-order valence-electron chi connectivity index (χ4n) is 1.19. The minimum absolute atomic E-state index is 0.230. The summed E-state index contributed by atoms with van der Waals surface area (Å²) >= 11 is 0. The maximum absolute atomic E-state index is 11.3. The van der Waals surface area contributed by atoms with Crippen molar-refractivity contribution in [3.8, 4) is 5.88 Å². The number of aromatic nitrogens is 1. The average molecular weight is 269 g/mol. The lowest BCUT2D eigenvalue weighted by Crippen LogP contribution is -2.41. The molecule has 4 N–H and O–H groups in total. The van der Waals surface area contributed by atoms with Crippen LogP contribution in [0.1, 0.15) is 5.56 Å². The predicted octanol–water partition coefficient (Wildman–Crippen LogP) is -0.665. The van der Waals surface area contributed by atoms with Gasteiger partial charge < -0.3 is 25.6 Å². The van der Waals surface area contributed by atoms with Crippen molar-refractivity contribution >= 4 is 12.0 Å². The van der Waals surface area contributed by atoms with Gasteiger partial charge >= 0.3 is 12.0 Å². The van der Waals surface area contributed by atoms with Crippen molar-refractivity contribution in [2.24, 2.45) is 0 Å².